The third-order valence-corrected chi connectivity index (χ3v) is 2.81. The number of nitrogens with one attached hydrogen (secondary N) is 1. The molecule has 0 unspecified atom stereocenters. The van der Waals surface area contributed by atoms with E-state index in [-0.39, 0.29) is 12.3 Å². The summed E-state index contributed by atoms with van der Waals surface area (Å²) in [5.41, 5.74) is 0.301. The first kappa shape index (κ1) is 12.6. The molecule has 6 heteroatoms. The molecular formula is C10H12FNO3S. The molecule has 0 spiro atoms. The number of carbonyl (C=O) groups excluding carboxylic acids is 1. The van der Waals surface area contributed by atoms with Crippen LogP contribution in [-0.4, -0.2) is 32.9 Å². The average molecular weight is 245 g/mol. The second-order valence-electron chi connectivity index (χ2n) is 3.39. The molecule has 0 saturated heterocycles. The van der Waals surface area contributed by atoms with Crippen molar-refractivity contribution < 1.29 is 17.6 Å². The van der Waals surface area contributed by atoms with Gasteiger partial charge in [0.15, 0.2) is 0 Å². The number of benzene rings is 1. The van der Waals surface area contributed by atoms with Crippen molar-refractivity contribution in [2.24, 2.45) is 0 Å². The van der Waals surface area contributed by atoms with Crippen molar-refractivity contribution in [2.75, 3.05) is 18.6 Å². The Labute approximate surface area is 93.4 Å². The molecule has 0 aliphatic rings. The Hall–Kier alpha value is -1.43. The van der Waals surface area contributed by atoms with Gasteiger partial charge >= 0.3 is 0 Å². The van der Waals surface area contributed by atoms with Gasteiger partial charge in [-0.1, -0.05) is 0 Å². The lowest BCUT2D eigenvalue weighted by Gasteiger charge is -2.03. The van der Waals surface area contributed by atoms with Crippen molar-refractivity contribution in [3.05, 3.63) is 35.6 Å². The minimum atomic E-state index is -3.08. The quantitative estimate of drug-likeness (QED) is 0.845. The molecule has 88 valence electrons. The molecule has 0 radical (unpaired) electrons. The molecule has 0 aromatic heterocycles. The Morgan fingerprint density at radius 3 is 2.38 bits per heavy atom. The molecule has 0 fully saturated rings. The van der Waals surface area contributed by atoms with Gasteiger partial charge < -0.3 is 5.32 Å². The summed E-state index contributed by atoms with van der Waals surface area (Å²) >= 11 is 0. The highest BCUT2D eigenvalue weighted by Gasteiger charge is 2.07. The van der Waals surface area contributed by atoms with Crippen molar-refractivity contribution in [1.82, 2.24) is 5.32 Å². The summed E-state index contributed by atoms with van der Waals surface area (Å²) in [6, 6.07) is 5.02. The van der Waals surface area contributed by atoms with E-state index in [1.807, 2.05) is 0 Å². The molecule has 0 aliphatic carbocycles. The summed E-state index contributed by atoms with van der Waals surface area (Å²) in [7, 11) is -3.08. The zero-order valence-electron chi connectivity index (χ0n) is 8.73. The number of hydrogen-bond donors (Lipinski definition) is 1. The molecular weight excluding hydrogens is 233 g/mol. The Kier molecular flexibility index (Phi) is 4.00. The summed E-state index contributed by atoms with van der Waals surface area (Å²) in [4.78, 5) is 11.4. The first-order valence-corrected chi connectivity index (χ1v) is 6.66. The van der Waals surface area contributed by atoms with Crippen LogP contribution >= 0.6 is 0 Å². The molecule has 4 nitrogen and oxygen atoms in total. The van der Waals surface area contributed by atoms with Gasteiger partial charge in [-0.2, -0.15) is 0 Å². The van der Waals surface area contributed by atoms with Crippen molar-refractivity contribution in [1.29, 1.82) is 0 Å². The number of carbonyl (C=O) groups is 1. The summed E-state index contributed by atoms with van der Waals surface area (Å²) in [6.45, 7) is 0.0506. The predicted molar refractivity (Wildman–Crippen MR) is 58.4 cm³/mol. The SMILES string of the molecule is CS(=O)(=O)CCNC(=O)c1ccc(F)cc1. The van der Waals surface area contributed by atoms with E-state index < -0.39 is 21.6 Å². The van der Waals surface area contributed by atoms with E-state index >= 15 is 0 Å². The Bertz CT molecular complexity index is 467. The fourth-order valence-corrected chi connectivity index (χ4v) is 1.53. The average Bonchev–Trinajstić information content (AvgIpc) is 2.16. The van der Waals surface area contributed by atoms with Crippen LogP contribution in [0.4, 0.5) is 4.39 Å². The number of amides is 1. The molecule has 1 N–H and O–H groups in total. The van der Waals surface area contributed by atoms with E-state index in [2.05, 4.69) is 5.32 Å². The van der Waals surface area contributed by atoms with Gasteiger partial charge in [0.1, 0.15) is 15.7 Å². The van der Waals surface area contributed by atoms with Gasteiger partial charge in [0.05, 0.1) is 5.75 Å². The fourth-order valence-electron chi connectivity index (χ4n) is 1.05. The molecule has 1 aromatic carbocycles. The number of rotatable bonds is 4. The third-order valence-electron chi connectivity index (χ3n) is 1.86. The van der Waals surface area contributed by atoms with Crippen LogP contribution in [0.5, 0.6) is 0 Å². The zero-order chi connectivity index (χ0) is 12.2. The van der Waals surface area contributed by atoms with Crippen molar-refractivity contribution in [2.45, 2.75) is 0 Å². The maximum atomic E-state index is 12.5. The number of hydrogen-bond acceptors (Lipinski definition) is 3. The summed E-state index contributed by atoms with van der Waals surface area (Å²) in [5.74, 6) is -0.948. The monoisotopic (exact) mass is 245 g/mol. The van der Waals surface area contributed by atoms with E-state index in [1.165, 1.54) is 24.3 Å². The molecule has 0 saturated carbocycles. The van der Waals surface area contributed by atoms with Crippen LogP contribution in [-0.2, 0) is 9.84 Å². The third kappa shape index (κ3) is 4.39. The van der Waals surface area contributed by atoms with Crippen molar-refractivity contribution in [3.8, 4) is 0 Å². The topological polar surface area (TPSA) is 63.2 Å². The molecule has 1 aromatic rings. The van der Waals surface area contributed by atoms with Crippen LogP contribution < -0.4 is 5.32 Å². The minimum Gasteiger partial charge on any atom is -0.351 e. The molecule has 1 rings (SSSR count). The lowest BCUT2D eigenvalue weighted by atomic mass is 10.2. The van der Waals surface area contributed by atoms with Gasteiger partial charge in [-0.25, -0.2) is 12.8 Å². The largest absolute Gasteiger partial charge is 0.351 e. The first-order chi connectivity index (χ1) is 7.38. The van der Waals surface area contributed by atoms with Crippen molar-refractivity contribution in [3.63, 3.8) is 0 Å². The number of halogens is 1. The van der Waals surface area contributed by atoms with Crippen LogP contribution in [0.15, 0.2) is 24.3 Å². The normalized spacial score (nSPS) is 11.1. The van der Waals surface area contributed by atoms with Gasteiger partial charge in [0.25, 0.3) is 5.91 Å². The van der Waals surface area contributed by atoms with E-state index in [0.717, 1.165) is 6.26 Å². The molecule has 0 atom stereocenters. The zero-order valence-corrected chi connectivity index (χ0v) is 9.55. The highest BCUT2D eigenvalue weighted by atomic mass is 32.2. The maximum absolute atomic E-state index is 12.5. The Morgan fingerprint density at radius 2 is 1.88 bits per heavy atom. The highest BCUT2D eigenvalue weighted by Crippen LogP contribution is 2.02. The van der Waals surface area contributed by atoms with Crippen LogP contribution in [0.3, 0.4) is 0 Å². The van der Waals surface area contributed by atoms with Gasteiger partial charge in [0.2, 0.25) is 0 Å². The van der Waals surface area contributed by atoms with E-state index in [4.69, 9.17) is 0 Å². The Morgan fingerprint density at radius 1 is 1.31 bits per heavy atom. The lowest BCUT2D eigenvalue weighted by Crippen LogP contribution is -2.28. The second-order valence-corrected chi connectivity index (χ2v) is 5.65. The lowest BCUT2D eigenvalue weighted by molar-refractivity contribution is 0.0956. The molecule has 0 bridgehead atoms. The van der Waals surface area contributed by atoms with Crippen LogP contribution in [0.1, 0.15) is 10.4 Å². The van der Waals surface area contributed by atoms with Crippen molar-refractivity contribution >= 4 is 15.7 Å². The van der Waals surface area contributed by atoms with E-state index in [9.17, 15) is 17.6 Å². The molecule has 1 amide bonds. The van der Waals surface area contributed by atoms with Gasteiger partial charge in [0, 0.05) is 18.4 Å². The minimum absolute atomic E-state index is 0.0506. The standard InChI is InChI=1S/C10H12FNO3S/c1-16(14,15)7-6-12-10(13)8-2-4-9(11)5-3-8/h2-5H,6-7H2,1H3,(H,12,13). The van der Waals surface area contributed by atoms with Gasteiger partial charge in [-0.05, 0) is 24.3 Å². The predicted octanol–water partition coefficient (Wildman–Crippen LogP) is 0.600. The smallest absolute Gasteiger partial charge is 0.251 e. The van der Waals surface area contributed by atoms with E-state index in [1.54, 1.807) is 0 Å². The summed E-state index contributed by atoms with van der Waals surface area (Å²) < 4.78 is 34.1. The number of sulfone groups is 1. The van der Waals surface area contributed by atoms with Crippen LogP contribution in [0.2, 0.25) is 0 Å². The van der Waals surface area contributed by atoms with Gasteiger partial charge in [-0.15, -0.1) is 0 Å². The van der Waals surface area contributed by atoms with Crippen LogP contribution in [0.25, 0.3) is 0 Å². The highest BCUT2D eigenvalue weighted by molar-refractivity contribution is 7.90. The summed E-state index contributed by atoms with van der Waals surface area (Å²) in [5, 5.41) is 2.43. The van der Waals surface area contributed by atoms with Gasteiger partial charge in [-0.3, -0.25) is 4.79 Å². The molecule has 0 aliphatic heterocycles. The summed E-state index contributed by atoms with van der Waals surface area (Å²) in [6.07, 6.45) is 1.09. The molecule has 0 heterocycles. The first-order valence-electron chi connectivity index (χ1n) is 4.60. The van der Waals surface area contributed by atoms with Crippen LogP contribution in [0, 0.1) is 5.82 Å². The maximum Gasteiger partial charge on any atom is 0.251 e. The Balaban J connectivity index is 2.50. The second kappa shape index (κ2) is 5.07. The van der Waals surface area contributed by atoms with E-state index in [0.29, 0.717) is 5.56 Å². The fraction of sp³-hybridized carbons (Fsp3) is 0.300. The molecule has 16 heavy (non-hydrogen) atoms.